The van der Waals surface area contributed by atoms with Gasteiger partial charge < -0.3 is 82.4 Å². The zero-order chi connectivity index (χ0) is 88.8. The number of esters is 1. The number of rotatable bonds is 22. The fourth-order valence-electron chi connectivity index (χ4n) is 15.1. The van der Waals surface area contributed by atoms with E-state index >= 15 is 19.2 Å². The first-order valence-corrected chi connectivity index (χ1v) is 42.5. The molecule has 0 spiro atoms. The van der Waals surface area contributed by atoms with Gasteiger partial charge in [-0.05, 0) is 226 Å². The van der Waals surface area contributed by atoms with Crippen LogP contribution < -0.4 is 72.6 Å². The van der Waals surface area contributed by atoms with Crippen LogP contribution in [0.1, 0.15) is 222 Å². The summed E-state index contributed by atoms with van der Waals surface area (Å²) in [5.74, 6) is -2.61. The number of nitrogens with two attached hydrogens (primary N) is 1. The second-order valence-corrected chi connectivity index (χ2v) is 38.1. The van der Waals surface area contributed by atoms with E-state index in [4.69, 9.17) is 24.8 Å². The van der Waals surface area contributed by atoms with E-state index in [1.165, 1.54) is 23.8 Å². The third kappa shape index (κ3) is 27.9. The number of hydrogen-bond acceptors (Lipinski definition) is 21. The molecule has 0 radical (unpaired) electrons. The van der Waals surface area contributed by atoms with Crippen molar-refractivity contribution >= 4 is 86.7 Å². The zero-order valence-electron chi connectivity index (χ0n) is 73.2. The van der Waals surface area contributed by atoms with Crippen molar-refractivity contribution in [3.05, 3.63) is 93.2 Å². The third-order valence-electron chi connectivity index (χ3n) is 20.7. The number of hydrogen-bond donors (Lipinski definition) is 11. The van der Waals surface area contributed by atoms with E-state index in [-0.39, 0.29) is 118 Å². The molecule has 119 heavy (non-hydrogen) atoms. The van der Waals surface area contributed by atoms with Crippen LogP contribution in [-0.4, -0.2) is 199 Å². The first-order chi connectivity index (χ1) is 55.2. The highest BCUT2D eigenvalue weighted by Crippen LogP contribution is 2.44. The number of allylic oxidation sites excluding steroid dienone is 2. The standard InChI is InChI=1S/C86H128N14O18S/c1-48(2)40-60-75(107)91-53(7)73(105)96-63(42-55-31-35-57(36-32-55)116-83(11,12)13)79(111)100-39-25-28-65(100)80(112)99(21)64(27-22-23-37-88-52(6)70-66(101)45-85(17,18)46-67(70)102)78(110)95-61(41-54-29-33-56(34-30-54)115-82(8,9)10)76(108)93-59(74(106)90-47-68(103)92-62(77(109)94-60)43-69(104)117-84(14,15)16)26-24-38-89-81(97-87)98-119(113,114)72-50(4)49(3)71-58(51(72)5)44-86(19,20)118-71/h29-36,48,53,59-65,88H,22-28,37-47,87H2,1-21H3,(H,90,106)(H,91,107)(H,92,103)(H,93,108)(H,94,109)(H,95,110)(H,96,105)(H2,89,97,98)/t53-,59+,60+,61-,62?,63+,64+,65+/m0/s1. The number of carbonyl (C=O) groups is 12. The lowest BCUT2D eigenvalue weighted by atomic mass is 9.73. The summed E-state index contributed by atoms with van der Waals surface area (Å²) in [4.78, 5) is 179. The van der Waals surface area contributed by atoms with E-state index in [9.17, 15) is 46.8 Å². The number of ketones is 2. The molecule has 0 bridgehead atoms. The molecule has 3 aromatic rings. The van der Waals surface area contributed by atoms with Gasteiger partial charge in [-0.15, -0.1) is 5.10 Å². The Kier molecular flexibility index (Phi) is 32.3. The fourth-order valence-corrected chi connectivity index (χ4v) is 16.6. The monoisotopic (exact) mass is 1680 g/mol. The number of unbranched alkanes of at least 4 members (excludes halogenated alkanes) is 1. The first-order valence-electron chi connectivity index (χ1n) is 41.1. The van der Waals surface area contributed by atoms with Crippen LogP contribution in [-0.2, 0) is 91.6 Å². The average molecular weight is 1680 g/mol. The Morgan fingerprint density at radius 3 is 1.73 bits per heavy atom. The molecule has 1 aliphatic carbocycles. The highest BCUT2D eigenvalue weighted by molar-refractivity contribution is 7.90. The fraction of sp³-hybridized carbons (Fsp3) is 0.616. The number of nitrogens with one attached hydrogen (secondary N) is 10. The molecule has 8 atom stereocenters. The minimum atomic E-state index is -4.41. The van der Waals surface area contributed by atoms with Crippen LogP contribution in [0, 0.1) is 32.1 Å². The van der Waals surface area contributed by atoms with Crippen LogP contribution in [0.5, 0.6) is 17.2 Å². The first kappa shape index (κ1) is 95.8. The van der Waals surface area contributed by atoms with Crippen molar-refractivity contribution in [3.8, 4) is 17.2 Å². The van der Waals surface area contributed by atoms with Gasteiger partial charge in [0.1, 0.15) is 88.0 Å². The number of guanidine groups is 1. The van der Waals surface area contributed by atoms with E-state index in [1.807, 2.05) is 69.2 Å². The number of amides is 9. The number of hydrazone groups is 1. The van der Waals surface area contributed by atoms with Crippen LogP contribution >= 0.6 is 0 Å². The van der Waals surface area contributed by atoms with Gasteiger partial charge in [0.25, 0.3) is 10.0 Å². The second-order valence-electron chi connectivity index (χ2n) is 36.5. The summed E-state index contributed by atoms with van der Waals surface area (Å²) < 4.78 is 55.3. The quantitative estimate of drug-likeness (QED) is 0.00841. The molecule has 3 aliphatic heterocycles. The van der Waals surface area contributed by atoms with Gasteiger partial charge in [0, 0.05) is 70.0 Å². The van der Waals surface area contributed by atoms with Crippen molar-refractivity contribution in [2.75, 3.05) is 33.2 Å². The van der Waals surface area contributed by atoms with Crippen molar-refractivity contribution < 1.29 is 84.9 Å². The molecule has 3 aromatic carbocycles. The van der Waals surface area contributed by atoms with Crippen LogP contribution in [0.15, 0.2) is 69.8 Å². The SMILES string of the molecule is CC(NCCCC[C@@H]1C(=O)N[C@@H](Cc2ccc(OC(C)(C)C)cc2)C(=O)N[C@H](CCCNC(=NN)NS(=O)(=O)c2c(C)c(C)c3c(c2C)CC(C)(C)O3)C(=O)NCC(=O)NC(CC(=O)OC(C)(C)C)C(=O)N[C@H](CC(C)C)C(=O)N[C@@H](C)C(=O)N[C@H](Cc2ccc(OC(C)(C)C)cc2)C(=O)N2CCC[C@@H]2C(=O)N1C)=C1C(=O)CC(C)(C)CC1=O. The van der Waals surface area contributed by atoms with Crippen molar-refractivity contribution in [1.29, 1.82) is 0 Å². The number of benzene rings is 3. The molecule has 1 unspecified atom stereocenters. The van der Waals surface area contributed by atoms with Crippen LogP contribution in [0.4, 0.5) is 0 Å². The van der Waals surface area contributed by atoms with Crippen molar-refractivity contribution in [3.63, 3.8) is 0 Å². The second kappa shape index (κ2) is 40.1. The Bertz CT molecular complexity index is 4420. The van der Waals surface area contributed by atoms with Crippen LogP contribution in [0.2, 0.25) is 0 Å². The maximum Gasteiger partial charge on any atom is 0.308 e. The van der Waals surface area contributed by atoms with Gasteiger partial charge in [-0.1, -0.05) is 52.0 Å². The number of nitrogens with zero attached hydrogens (tertiary/aromatic N) is 3. The van der Waals surface area contributed by atoms with E-state index in [2.05, 4.69) is 57.7 Å². The van der Waals surface area contributed by atoms with Gasteiger partial charge in [0.05, 0.1) is 23.4 Å². The summed E-state index contributed by atoms with van der Waals surface area (Å²) in [5, 5.41) is 28.6. The van der Waals surface area contributed by atoms with Gasteiger partial charge in [0.15, 0.2) is 11.6 Å². The zero-order valence-corrected chi connectivity index (χ0v) is 74.0. The highest BCUT2D eigenvalue weighted by Gasteiger charge is 2.44. The Hall–Kier alpha value is -10.3. The van der Waals surface area contributed by atoms with E-state index in [0.29, 0.717) is 70.0 Å². The summed E-state index contributed by atoms with van der Waals surface area (Å²) in [6.07, 6.45) is 0.141. The number of likely N-dealkylation sites (N-methyl/N-ethyl adjacent to an activating group) is 1. The lowest BCUT2D eigenvalue weighted by molar-refractivity contribution is -0.156. The maximum atomic E-state index is 15.7. The number of fused-ring (bicyclic) bond motifs is 2. The van der Waals surface area contributed by atoms with E-state index in [0.717, 1.165) is 5.56 Å². The van der Waals surface area contributed by atoms with Crippen LogP contribution in [0.3, 0.4) is 0 Å². The minimum Gasteiger partial charge on any atom is -0.488 e. The molecular weight excluding hydrogens is 1550 g/mol. The minimum absolute atomic E-state index is 0.00483. The normalized spacial score (nSPS) is 22.5. The summed E-state index contributed by atoms with van der Waals surface area (Å²) in [7, 11) is -3.00. The molecular formula is C86H128N14O18S. The molecule has 33 heteroatoms. The lowest BCUT2D eigenvalue weighted by Gasteiger charge is -2.35. The largest absolute Gasteiger partial charge is 0.488 e. The van der Waals surface area contributed by atoms with Gasteiger partial charge in [-0.25, -0.2) is 13.1 Å². The van der Waals surface area contributed by atoms with Crippen molar-refractivity contribution in [2.24, 2.45) is 22.3 Å². The van der Waals surface area contributed by atoms with Crippen molar-refractivity contribution in [1.82, 2.24) is 62.4 Å². The summed E-state index contributed by atoms with van der Waals surface area (Å²) >= 11 is 0. The topological polar surface area (TPSA) is 441 Å². The molecule has 32 nitrogen and oxygen atoms in total. The predicted octanol–water partition coefficient (Wildman–Crippen LogP) is 5.69. The molecule has 7 rings (SSSR count). The summed E-state index contributed by atoms with van der Waals surface area (Å²) in [5.41, 5.74) is 0.432. The lowest BCUT2D eigenvalue weighted by Crippen LogP contribution is -2.60. The number of Topliss-reactive ketones (excluding diaryl/α,β-unsaturated/α-hetero) is 2. The smallest absolute Gasteiger partial charge is 0.308 e. The number of ether oxygens (including phenoxy) is 4. The molecule has 656 valence electrons. The summed E-state index contributed by atoms with van der Waals surface area (Å²) in [6.45, 7) is 34.4. The van der Waals surface area contributed by atoms with Gasteiger partial charge >= 0.3 is 5.97 Å². The Labute approximate surface area is 700 Å². The molecule has 9 amide bonds. The molecule has 0 aromatic heterocycles. The molecule has 4 aliphatic rings. The van der Waals surface area contributed by atoms with E-state index < -0.39 is 158 Å². The van der Waals surface area contributed by atoms with Gasteiger partial charge in [-0.3, -0.25) is 57.5 Å². The number of sulfonamides is 1. The third-order valence-corrected chi connectivity index (χ3v) is 22.4. The maximum absolute atomic E-state index is 15.7. The molecule has 3 fully saturated rings. The van der Waals surface area contributed by atoms with E-state index in [1.54, 1.807) is 111 Å². The highest BCUT2D eigenvalue weighted by atomic mass is 32.2. The number of carbonyl (C=O) groups excluding carboxylic acids is 12. The average Bonchev–Trinajstić information content (AvgIpc) is 1.24. The molecule has 1 saturated carbocycles. The Balaban J connectivity index is 1.31. The predicted molar refractivity (Wildman–Crippen MR) is 448 cm³/mol. The van der Waals surface area contributed by atoms with Crippen LogP contribution in [0.25, 0.3) is 0 Å². The molecule has 3 heterocycles. The van der Waals surface area contributed by atoms with Gasteiger partial charge in [-0.2, -0.15) is 0 Å². The van der Waals surface area contributed by atoms with Gasteiger partial charge in [0.2, 0.25) is 59.1 Å². The van der Waals surface area contributed by atoms with Crippen molar-refractivity contribution in [2.45, 2.75) is 304 Å². The molecule has 2 saturated heterocycles. The Morgan fingerprint density at radius 1 is 0.630 bits per heavy atom. The summed E-state index contributed by atoms with van der Waals surface area (Å²) in [6, 6.07) is 1.82. The Morgan fingerprint density at radius 2 is 1.17 bits per heavy atom. The molecule has 12 N–H and O–H groups in total.